The van der Waals surface area contributed by atoms with Gasteiger partial charge < -0.3 is 9.84 Å². The highest BCUT2D eigenvalue weighted by atomic mass is 127. The molecule has 0 amide bonds. The Morgan fingerprint density at radius 2 is 2.11 bits per heavy atom. The third-order valence-corrected chi connectivity index (χ3v) is 3.61. The number of ether oxygens (including phenoxy) is 1. The molecular weight excluding hydrogens is 352 g/mol. The molecule has 1 aliphatic heterocycles. The van der Waals surface area contributed by atoms with Crippen molar-refractivity contribution in [3.63, 3.8) is 0 Å². The summed E-state index contributed by atoms with van der Waals surface area (Å²) in [6.07, 6.45) is 0. The van der Waals surface area contributed by atoms with Crippen molar-refractivity contribution in [2.24, 2.45) is 0 Å². The number of carbonyl (C=O) groups is 1. The van der Waals surface area contributed by atoms with Crippen molar-refractivity contribution < 1.29 is 19.0 Å². The van der Waals surface area contributed by atoms with Gasteiger partial charge in [-0.25, -0.2) is 9.18 Å². The second-order valence-electron chi connectivity index (χ2n) is 4.13. The van der Waals surface area contributed by atoms with Gasteiger partial charge in [-0.05, 0) is 40.3 Å². The molecule has 0 aliphatic carbocycles. The first kappa shape index (κ1) is 13.7. The molecule has 1 heterocycles. The van der Waals surface area contributed by atoms with Crippen LogP contribution in [0.5, 0.6) is 0 Å². The Kier molecular flexibility index (Phi) is 4.52. The van der Waals surface area contributed by atoms with Gasteiger partial charge in [0.05, 0.1) is 18.8 Å². The maximum Gasteiger partial charge on any atom is 0.338 e. The maximum absolute atomic E-state index is 13.6. The van der Waals surface area contributed by atoms with Gasteiger partial charge in [-0.1, -0.05) is 0 Å². The van der Waals surface area contributed by atoms with Crippen molar-refractivity contribution in [3.8, 4) is 0 Å². The molecule has 1 saturated heterocycles. The lowest BCUT2D eigenvalue weighted by atomic mass is 10.1. The van der Waals surface area contributed by atoms with Crippen molar-refractivity contribution in [3.05, 3.63) is 32.6 Å². The van der Waals surface area contributed by atoms with Gasteiger partial charge >= 0.3 is 5.97 Å². The first-order valence-corrected chi connectivity index (χ1v) is 6.67. The van der Waals surface area contributed by atoms with E-state index in [0.717, 1.165) is 18.7 Å². The van der Waals surface area contributed by atoms with E-state index in [-0.39, 0.29) is 5.56 Å². The number of nitrogens with zero attached hydrogens (tertiary/aromatic N) is 1. The minimum absolute atomic E-state index is 0.259. The highest BCUT2D eigenvalue weighted by molar-refractivity contribution is 14.1. The molecule has 4 nitrogen and oxygen atoms in total. The van der Waals surface area contributed by atoms with Crippen molar-refractivity contribution in [2.45, 2.75) is 6.54 Å². The number of hydrogen-bond acceptors (Lipinski definition) is 3. The average molecular weight is 365 g/mol. The minimum Gasteiger partial charge on any atom is -0.478 e. The lowest BCUT2D eigenvalue weighted by molar-refractivity contribution is 0.0341. The lowest BCUT2D eigenvalue weighted by Crippen LogP contribution is -2.35. The van der Waals surface area contributed by atoms with E-state index in [4.69, 9.17) is 9.84 Å². The fraction of sp³-hybridized carbons (Fsp3) is 0.417. The van der Waals surface area contributed by atoms with E-state index in [1.165, 1.54) is 6.07 Å². The molecule has 0 aromatic heterocycles. The normalized spacial score (nSPS) is 16.8. The SMILES string of the molecule is O=C(O)c1cc(CN2CCOCC2)cc(I)c1F. The molecule has 0 spiro atoms. The molecule has 0 unspecified atom stereocenters. The molecular formula is C12H13FINO3. The van der Waals surface area contributed by atoms with E-state index in [1.54, 1.807) is 6.07 Å². The molecule has 18 heavy (non-hydrogen) atoms. The van der Waals surface area contributed by atoms with Crippen LogP contribution in [0.3, 0.4) is 0 Å². The van der Waals surface area contributed by atoms with Gasteiger partial charge in [-0.15, -0.1) is 0 Å². The van der Waals surface area contributed by atoms with Gasteiger partial charge in [0.25, 0.3) is 0 Å². The second-order valence-corrected chi connectivity index (χ2v) is 5.30. The van der Waals surface area contributed by atoms with Gasteiger partial charge in [-0.2, -0.15) is 0 Å². The monoisotopic (exact) mass is 365 g/mol. The summed E-state index contributed by atoms with van der Waals surface area (Å²) < 4.78 is 19.2. The third kappa shape index (κ3) is 3.18. The van der Waals surface area contributed by atoms with Crippen LogP contribution < -0.4 is 0 Å². The zero-order valence-electron chi connectivity index (χ0n) is 9.66. The summed E-state index contributed by atoms with van der Waals surface area (Å²) in [5, 5.41) is 8.94. The van der Waals surface area contributed by atoms with Crippen LogP contribution in [0.15, 0.2) is 12.1 Å². The summed E-state index contributed by atoms with van der Waals surface area (Å²) in [5.41, 5.74) is 0.560. The molecule has 0 radical (unpaired) electrons. The number of benzene rings is 1. The Balaban J connectivity index is 2.20. The Labute approximate surface area is 118 Å². The largest absolute Gasteiger partial charge is 0.478 e. The number of halogens is 2. The minimum atomic E-state index is -1.23. The Morgan fingerprint density at radius 3 is 2.72 bits per heavy atom. The molecule has 98 valence electrons. The van der Waals surface area contributed by atoms with Crippen molar-refractivity contribution in [1.82, 2.24) is 4.90 Å². The standard InChI is InChI=1S/C12H13FINO3/c13-11-9(12(16)17)5-8(6-10(11)14)7-15-1-3-18-4-2-15/h5-6H,1-4,7H2,(H,16,17). The number of carboxylic acids is 1. The van der Waals surface area contributed by atoms with Crippen LogP contribution in [0.1, 0.15) is 15.9 Å². The van der Waals surface area contributed by atoms with Crippen LogP contribution in [0, 0.1) is 9.39 Å². The van der Waals surface area contributed by atoms with Crippen molar-refractivity contribution in [1.29, 1.82) is 0 Å². The fourth-order valence-electron chi connectivity index (χ4n) is 1.91. The molecule has 6 heteroatoms. The fourth-order valence-corrected chi connectivity index (χ4v) is 2.60. The number of aromatic carboxylic acids is 1. The van der Waals surface area contributed by atoms with Crippen LogP contribution in [-0.2, 0) is 11.3 Å². The highest BCUT2D eigenvalue weighted by Gasteiger charge is 2.17. The summed E-state index contributed by atoms with van der Waals surface area (Å²) in [6, 6.07) is 3.10. The second kappa shape index (κ2) is 5.94. The first-order chi connectivity index (χ1) is 8.58. The number of carboxylic acid groups (broad SMARTS) is 1. The molecule has 1 aromatic carbocycles. The Morgan fingerprint density at radius 1 is 1.44 bits per heavy atom. The van der Waals surface area contributed by atoms with Crippen LogP contribution in [0.4, 0.5) is 4.39 Å². The van der Waals surface area contributed by atoms with Gasteiger partial charge in [0.2, 0.25) is 0 Å². The predicted octanol–water partition coefficient (Wildman–Crippen LogP) is 1.96. The summed E-state index contributed by atoms with van der Waals surface area (Å²) in [5.74, 6) is -1.89. The van der Waals surface area contributed by atoms with E-state index < -0.39 is 11.8 Å². The topological polar surface area (TPSA) is 49.8 Å². The van der Waals surface area contributed by atoms with Crippen LogP contribution in [0.25, 0.3) is 0 Å². The molecule has 1 fully saturated rings. The number of hydrogen-bond donors (Lipinski definition) is 1. The molecule has 0 atom stereocenters. The van der Waals surface area contributed by atoms with E-state index in [0.29, 0.717) is 23.3 Å². The molecule has 1 aromatic rings. The van der Waals surface area contributed by atoms with Crippen LogP contribution in [0.2, 0.25) is 0 Å². The number of morpholine rings is 1. The zero-order chi connectivity index (χ0) is 13.1. The highest BCUT2D eigenvalue weighted by Crippen LogP contribution is 2.19. The van der Waals surface area contributed by atoms with E-state index in [2.05, 4.69) is 4.90 Å². The first-order valence-electron chi connectivity index (χ1n) is 5.59. The van der Waals surface area contributed by atoms with Crippen LogP contribution >= 0.6 is 22.6 Å². The van der Waals surface area contributed by atoms with Crippen LogP contribution in [-0.4, -0.2) is 42.3 Å². The summed E-state index contributed by atoms with van der Waals surface area (Å²) >= 11 is 1.82. The van der Waals surface area contributed by atoms with Gasteiger partial charge in [-0.3, -0.25) is 4.90 Å². The smallest absolute Gasteiger partial charge is 0.338 e. The molecule has 0 saturated carbocycles. The maximum atomic E-state index is 13.6. The van der Waals surface area contributed by atoms with Crippen molar-refractivity contribution >= 4 is 28.6 Å². The molecule has 2 rings (SSSR count). The molecule has 1 aliphatic rings. The van der Waals surface area contributed by atoms with Gasteiger partial charge in [0.1, 0.15) is 0 Å². The van der Waals surface area contributed by atoms with Gasteiger partial charge in [0.15, 0.2) is 5.82 Å². The quantitative estimate of drug-likeness (QED) is 0.833. The molecule has 0 bridgehead atoms. The molecule has 1 N–H and O–H groups in total. The zero-order valence-corrected chi connectivity index (χ0v) is 11.8. The van der Waals surface area contributed by atoms with Crippen molar-refractivity contribution in [2.75, 3.05) is 26.3 Å². The van der Waals surface area contributed by atoms with E-state index in [1.807, 2.05) is 22.6 Å². The third-order valence-electron chi connectivity index (χ3n) is 2.83. The number of rotatable bonds is 3. The summed E-state index contributed by atoms with van der Waals surface area (Å²) in [6.45, 7) is 3.63. The van der Waals surface area contributed by atoms with E-state index >= 15 is 0 Å². The Hall–Kier alpha value is -0.730. The van der Waals surface area contributed by atoms with E-state index in [9.17, 15) is 9.18 Å². The predicted molar refractivity (Wildman–Crippen MR) is 72.2 cm³/mol. The summed E-state index contributed by atoms with van der Waals surface area (Å²) in [7, 11) is 0. The lowest BCUT2D eigenvalue weighted by Gasteiger charge is -2.26. The van der Waals surface area contributed by atoms with Gasteiger partial charge in [0, 0.05) is 23.2 Å². The Bertz CT molecular complexity index is 461. The summed E-state index contributed by atoms with van der Waals surface area (Å²) in [4.78, 5) is 13.1. The average Bonchev–Trinajstić information content (AvgIpc) is 2.34.